The summed E-state index contributed by atoms with van der Waals surface area (Å²) in [4.78, 5) is 40.5. The molecule has 2 amide bonds. The second-order valence-corrected chi connectivity index (χ2v) is 5.88. The molecule has 0 saturated carbocycles. The summed E-state index contributed by atoms with van der Waals surface area (Å²) in [5.41, 5.74) is 0. The zero-order valence-corrected chi connectivity index (χ0v) is 15.7. The lowest BCUT2D eigenvalue weighted by Gasteiger charge is -2.08. The first kappa shape index (κ1) is 27.4. The molecule has 2 atom stereocenters. The molecule has 0 fully saturated rings. The van der Waals surface area contributed by atoms with E-state index >= 15 is 0 Å². The average molecular weight is 403 g/mol. The van der Waals surface area contributed by atoms with E-state index in [4.69, 9.17) is 14.4 Å². The second-order valence-electron chi connectivity index (χ2n) is 3.91. The van der Waals surface area contributed by atoms with Crippen LogP contribution in [0, 0.1) is 0 Å². The molecule has 0 spiro atoms. The first-order valence-corrected chi connectivity index (χ1v) is 9.56. The van der Waals surface area contributed by atoms with Crippen molar-refractivity contribution in [3.8, 4) is 0 Å². The molecule has 12 heteroatoms. The number of thioether (sulfide) groups is 2. The fourth-order valence-electron chi connectivity index (χ4n) is 1.19. The number of carboxylic acids is 2. The summed E-state index contributed by atoms with van der Waals surface area (Å²) < 4.78 is 7.83. The molecule has 0 unspecified atom stereocenters. The lowest BCUT2D eigenvalue weighted by atomic mass is 10.2. The highest BCUT2D eigenvalue weighted by Crippen LogP contribution is 2.00. The van der Waals surface area contributed by atoms with E-state index in [9.17, 15) is 19.2 Å². The molecule has 0 bridgehead atoms. The predicted octanol–water partition coefficient (Wildman–Crippen LogP) is -0.459. The monoisotopic (exact) mass is 402 g/mol. The molecule has 0 saturated heterocycles. The van der Waals surface area contributed by atoms with Crippen molar-refractivity contribution in [3.05, 3.63) is 0 Å². The van der Waals surface area contributed by atoms with Crippen molar-refractivity contribution in [2.45, 2.75) is 24.9 Å². The van der Waals surface area contributed by atoms with Gasteiger partial charge in [-0.2, -0.15) is 27.7 Å². The van der Waals surface area contributed by atoms with Crippen molar-refractivity contribution in [3.63, 3.8) is 0 Å². The number of aliphatic carboxylic acids is 2. The number of hydrogen-bond donors (Lipinski definition) is 4. The van der Waals surface area contributed by atoms with Gasteiger partial charge in [-0.25, -0.2) is 9.59 Å². The Bertz CT molecular complexity index is 330. The lowest BCUT2D eigenvalue weighted by molar-refractivity contribution is -0.141. The fraction of sp³-hybridized carbons (Fsp3) is 0.667. The Kier molecular flexibility index (Phi) is 24.7. The minimum Gasteiger partial charge on any atom is -0.480 e. The number of rotatable bonds is 12. The van der Waals surface area contributed by atoms with Gasteiger partial charge < -0.3 is 20.8 Å². The molecule has 0 aromatic heterocycles. The van der Waals surface area contributed by atoms with E-state index in [1.54, 1.807) is 23.5 Å². The van der Waals surface area contributed by atoms with E-state index in [0.717, 1.165) is 11.5 Å². The van der Waals surface area contributed by atoms with Crippen molar-refractivity contribution in [2.24, 2.45) is 0 Å². The molecular formula is C12H22N2O7S3. The third kappa shape index (κ3) is 18.6. The maximum Gasteiger partial charge on any atom is 0.326 e. The van der Waals surface area contributed by atoms with Gasteiger partial charge in [-0.15, -0.1) is 0 Å². The molecule has 0 radical (unpaired) electrons. The van der Waals surface area contributed by atoms with Crippen molar-refractivity contribution in [1.29, 1.82) is 0 Å². The van der Waals surface area contributed by atoms with Gasteiger partial charge in [0.2, 0.25) is 12.8 Å². The van der Waals surface area contributed by atoms with E-state index in [1.807, 2.05) is 12.5 Å². The van der Waals surface area contributed by atoms with E-state index < -0.39 is 24.0 Å². The average Bonchev–Trinajstić information content (AvgIpc) is 2.57. The number of amides is 2. The van der Waals surface area contributed by atoms with Crippen LogP contribution in [0.2, 0.25) is 0 Å². The van der Waals surface area contributed by atoms with Gasteiger partial charge in [-0.1, -0.05) is 0 Å². The number of carbonyl (C=O) groups is 4. The molecule has 9 nitrogen and oxygen atoms in total. The summed E-state index contributed by atoms with van der Waals surface area (Å²) in [7, 11) is 0. The highest BCUT2D eigenvalue weighted by atomic mass is 32.2. The smallest absolute Gasteiger partial charge is 0.326 e. The van der Waals surface area contributed by atoms with E-state index in [1.165, 1.54) is 0 Å². The summed E-state index contributed by atoms with van der Waals surface area (Å²) in [6.45, 7) is 0. The summed E-state index contributed by atoms with van der Waals surface area (Å²) in [6, 6.07) is -1.47. The summed E-state index contributed by atoms with van der Waals surface area (Å²) in [5, 5.41) is 21.4. The van der Waals surface area contributed by atoms with Crippen LogP contribution < -0.4 is 10.6 Å². The predicted molar refractivity (Wildman–Crippen MR) is 95.4 cm³/mol. The Balaban J connectivity index is -0.000000333. The number of hydrogen-bond acceptors (Lipinski definition) is 8. The van der Waals surface area contributed by atoms with Crippen LogP contribution in [0.5, 0.6) is 0 Å². The van der Waals surface area contributed by atoms with Crippen molar-refractivity contribution in [1.82, 2.24) is 10.6 Å². The first-order valence-electron chi connectivity index (χ1n) is 6.44. The Morgan fingerprint density at radius 2 is 1.21 bits per heavy atom. The van der Waals surface area contributed by atoms with Gasteiger partial charge in [-0.05, 0) is 36.9 Å². The van der Waals surface area contributed by atoms with E-state index in [2.05, 4.69) is 23.2 Å². The Morgan fingerprint density at radius 1 is 0.917 bits per heavy atom. The number of carboxylic acid groups (broad SMARTS) is 2. The summed E-state index contributed by atoms with van der Waals surface area (Å²) in [5.74, 6) is -0.493. The Hall–Kier alpha value is -1.40. The van der Waals surface area contributed by atoms with Crippen molar-refractivity contribution >= 4 is 60.8 Å². The number of nitrogens with one attached hydrogen (secondary N) is 2. The summed E-state index contributed by atoms with van der Waals surface area (Å²) >= 11 is 5.94. The van der Waals surface area contributed by atoms with Gasteiger partial charge >= 0.3 is 11.9 Å². The standard InChI is InChI=1S/2C6H11NO3S.OS/c2*1-11-3-2-5(6(9)10)7-4-8;1-2/h2*4-5H,2-3H2,1H3,(H,7,8)(H,9,10);/t2*5-;/m00./s1. The molecule has 0 aliphatic heterocycles. The second kappa shape index (κ2) is 21.6. The molecule has 140 valence electrons. The Morgan fingerprint density at radius 3 is 1.38 bits per heavy atom. The molecule has 0 rings (SSSR count). The lowest BCUT2D eigenvalue weighted by Crippen LogP contribution is -2.36. The quantitative estimate of drug-likeness (QED) is 0.316. The van der Waals surface area contributed by atoms with Crippen LogP contribution in [0.15, 0.2) is 0 Å². The Labute approximate surface area is 154 Å². The van der Waals surface area contributed by atoms with Gasteiger partial charge in [0.05, 0.1) is 0 Å². The van der Waals surface area contributed by atoms with Gasteiger partial charge in [0.25, 0.3) is 0 Å². The molecule has 24 heavy (non-hydrogen) atoms. The van der Waals surface area contributed by atoms with Gasteiger partial charge in [0.1, 0.15) is 12.1 Å². The minimum absolute atomic E-state index is 0.416. The molecule has 0 aromatic rings. The molecule has 0 aliphatic rings. The zero-order valence-electron chi connectivity index (χ0n) is 13.3. The van der Waals surface area contributed by atoms with Crippen LogP contribution >= 0.6 is 23.5 Å². The van der Waals surface area contributed by atoms with Gasteiger partial charge in [-0.3, -0.25) is 9.59 Å². The van der Waals surface area contributed by atoms with E-state index in [-0.39, 0.29) is 0 Å². The normalized spacial score (nSPS) is 11.2. The molecule has 0 aromatic carbocycles. The number of carbonyl (C=O) groups excluding carboxylic acids is 2. The maximum atomic E-state index is 10.4. The SMILES string of the molecule is CSCC[C@H](NC=O)C(=O)O.CSCC[C@H](NC=O)C(=O)O.O=S. The molecule has 0 aliphatic carbocycles. The van der Waals surface area contributed by atoms with Crippen molar-refractivity contribution in [2.75, 3.05) is 24.0 Å². The zero-order chi connectivity index (χ0) is 19.4. The molecular weight excluding hydrogens is 380 g/mol. The third-order valence-corrected chi connectivity index (χ3v) is 3.64. The fourth-order valence-corrected chi connectivity index (χ4v) is 2.13. The molecule has 4 N–H and O–H groups in total. The third-order valence-electron chi connectivity index (χ3n) is 2.36. The van der Waals surface area contributed by atoms with Gasteiger partial charge in [0.15, 0.2) is 12.5 Å². The van der Waals surface area contributed by atoms with Crippen LogP contribution in [0.4, 0.5) is 0 Å². The highest BCUT2D eigenvalue weighted by Gasteiger charge is 2.15. The van der Waals surface area contributed by atoms with Crippen LogP contribution in [0.3, 0.4) is 0 Å². The van der Waals surface area contributed by atoms with Crippen LogP contribution in [0.1, 0.15) is 12.8 Å². The largest absolute Gasteiger partial charge is 0.480 e. The first-order chi connectivity index (χ1) is 11.4. The minimum atomic E-state index is -0.980. The topological polar surface area (TPSA) is 150 Å². The van der Waals surface area contributed by atoms with E-state index in [0.29, 0.717) is 25.7 Å². The maximum absolute atomic E-state index is 10.4. The van der Waals surface area contributed by atoms with Crippen LogP contribution in [-0.4, -0.2) is 75.3 Å². The van der Waals surface area contributed by atoms with Crippen LogP contribution in [0.25, 0.3) is 0 Å². The highest BCUT2D eigenvalue weighted by molar-refractivity contribution is 7.98. The van der Waals surface area contributed by atoms with Crippen molar-refractivity contribution < 1.29 is 33.6 Å². The van der Waals surface area contributed by atoms with Gasteiger partial charge in [0, 0.05) is 0 Å². The van der Waals surface area contributed by atoms with Crippen LogP contribution in [-0.2, 0) is 31.7 Å². The molecule has 0 heterocycles. The summed E-state index contributed by atoms with van der Waals surface area (Å²) in [6.07, 6.45) is 5.54.